The lowest BCUT2D eigenvalue weighted by molar-refractivity contribution is -0.146. The fourth-order valence-electron chi connectivity index (χ4n) is 1.26. The molecule has 78 valence electrons. The summed E-state index contributed by atoms with van der Waals surface area (Å²) in [6.45, 7) is 1.88. The van der Waals surface area contributed by atoms with Gasteiger partial charge in [0.25, 0.3) is 5.78 Å². The number of hydrogen-bond acceptors (Lipinski definition) is 2. The molecule has 0 heterocycles. The first-order valence-corrected chi connectivity index (χ1v) is 4.68. The average molecular weight is 204 g/mol. The summed E-state index contributed by atoms with van der Waals surface area (Å²) in [5.41, 5.74) is 1.62. The lowest BCUT2D eigenvalue weighted by Crippen LogP contribution is -2.09. The first-order chi connectivity index (χ1) is 7.15. The van der Waals surface area contributed by atoms with Crippen molar-refractivity contribution in [2.45, 2.75) is 13.3 Å². The number of carboxylic acids is 1. The van der Waals surface area contributed by atoms with Crippen molar-refractivity contribution in [1.29, 1.82) is 0 Å². The molecule has 0 fully saturated rings. The van der Waals surface area contributed by atoms with Crippen molar-refractivity contribution in [2.24, 2.45) is 0 Å². The Balaban J connectivity index is 2.99. The molecule has 0 aliphatic carbocycles. The predicted molar refractivity (Wildman–Crippen MR) is 57.4 cm³/mol. The van der Waals surface area contributed by atoms with Crippen molar-refractivity contribution in [3.05, 3.63) is 42.0 Å². The Morgan fingerprint density at radius 3 is 2.33 bits per heavy atom. The highest BCUT2D eigenvalue weighted by molar-refractivity contribution is 6.38. The number of carboxylic acid groups (broad SMARTS) is 1. The van der Waals surface area contributed by atoms with Gasteiger partial charge in [-0.05, 0) is 23.6 Å². The molecule has 0 unspecified atom stereocenters. The van der Waals surface area contributed by atoms with Crippen LogP contribution in [0.3, 0.4) is 0 Å². The van der Waals surface area contributed by atoms with E-state index in [1.54, 1.807) is 0 Å². The smallest absolute Gasteiger partial charge is 0.376 e. The maximum Gasteiger partial charge on any atom is 0.376 e. The van der Waals surface area contributed by atoms with Crippen LogP contribution in [0.4, 0.5) is 0 Å². The molecular weight excluding hydrogens is 192 g/mol. The molecule has 0 aliphatic rings. The fraction of sp³-hybridized carbons (Fsp3) is 0.167. The maximum atomic E-state index is 11.0. The third-order valence-corrected chi connectivity index (χ3v) is 2.04. The van der Waals surface area contributed by atoms with Crippen LogP contribution >= 0.6 is 0 Å². The van der Waals surface area contributed by atoms with E-state index in [-0.39, 0.29) is 0 Å². The topological polar surface area (TPSA) is 54.4 Å². The average Bonchev–Trinajstić information content (AvgIpc) is 2.26. The molecule has 0 aromatic heterocycles. The minimum Gasteiger partial charge on any atom is -0.475 e. The van der Waals surface area contributed by atoms with Crippen LogP contribution in [0, 0.1) is 0 Å². The molecule has 3 nitrogen and oxygen atoms in total. The lowest BCUT2D eigenvalue weighted by atomic mass is 10.0. The third-order valence-electron chi connectivity index (χ3n) is 2.04. The van der Waals surface area contributed by atoms with E-state index < -0.39 is 11.8 Å². The van der Waals surface area contributed by atoms with E-state index >= 15 is 0 Å². The normalized spacial score (nSPS) is 11.1. The Hall–Kier alpha value is -1.90. The van der Waals surface area contributed by atoms with Gasteiger partial charge in [-0.25, -0.2) is 4.79 Å². The van der Waals surface area contributed by atoms with Crippen LogP contribution in [0.15, 0.2) is 36.4 Å². The van der Waals surface area contributed by atoms with Crippen LogP contribution in [0.25, 0.3) is 5.57 Å². The van der Waals surface area contributed by atoms with Crippen LogP contribution in [-0.4, -0.2) is 16.9 Å². The summed E-state index contributed by atoms with van der Waals surface area (Å²) in [6.07, 6.45) is 1.81. The van der Waals surface area contributed by atoms with Crippen molar-refractivity contribution < 1.29 is 14.7 Å². The van der Waals surface area contributed by atoms with Gasteiger partial charge in [0, 0.05) is 0 Å². The molecule has 1 aromatic carbocycles. The number of hydrogen-bond donors (Lipinski definition) is 1. The second-order valence-corrected chi connectivity index (χ2v) is 3.06. The zero-order valence-electron chi connectivity index (χ0n) is 8.43. The van der Waals surface area contributed by atoms with Gasteiger partial charge in [-0.1, -0.05) is 37.3 Å². The monoisotopic (exact) mass is 204 g/mol. The number of rotatable bonds is 4. The second kappa shape index (κ2) is 5.10. The van der Waals surface area contributed by atoms with Crippen molar-refractivity contribution >= 4 is 17.3 Å². The van der Waals surface area contributed by atoms with Gasteiger partial charge in [-0.3, -0.25) is 4.79 Å². The zero-order valence-corrected chi connectivity index (χ0v) is 8.43. The maximum absolute atomic E-state index is 11.0. The van der Waals surface area contributed by atoms with E-state index in [1.165, 1.54) is 6.08 Å². The van der Waals surface area contributed by atoms with E-state index in [0.29, 0.717) is 6.42 Å². The molecule has 1 N–H and O–H groups in total. The van der Waals surface area contributed by atoms with E-state index in [0.717, 1.165) is 11.1 Å². The van der Waals surface area contributed by atoms with Gasteiger partial charge in [0.05, 0.1) is 0 Å². The Morgan fingerprint density at radius 2 is 1.87 bits per heavy atom. The molecule has 0 saturated carbocycles. The van der Waals surface area contributed by atoms with Gasteiger partial charge in [0.2, 0.25) is 0 Å². The van der Waals surface area contributed by atoms with Gasteiger partial charge in [0.15, 0.2) is 0 Å². The standard InChI is InChI=1S/C12H12O3/c1-2-9(8-11(13)12(14)15)10-6-4-3-5-7-10/h3-8H,2H2,1H3,(H,14,15). The number of allylic oxidation sites excluding steroid dienone is 1. The summed E-state index contributed by atoms with van der Waals surface area (Å²) < 4.78 is 0. The number of benzene rings is 1. The Morgan fingerprint density at radius 1 is 1.27 bits per heavy atom. The lowest BCUT2D eigenvalue weighted by Gasteiger charge is -2.02. The molecule has 1 rings (SSSR count). The summed E-state index contributed by atoms with van der Waals surface area (Å²) in [6, 6.07) is 9.28. The summed E-state index contributed by atoms with van der Waals surface area (Å²) >= 11 is 0. The first-order valence-electron chi connectivity index (χ1n) is 4.68. The molecule has 0 aliphatic heterocycles. The molecule has 0 spiro atoms. The molecule has 1 aromatic rings. The van der Waals surface area contributed by atoms with Crippen LogP contribution in [0.1, 0.15) is 18.9 Å². The highest BCUT2D eigenvalue weighted by atomic mass is 16.4. The molecular formula is C12H12O3. The highest BCUT2D eigenvalue weighted by Gasteiger charge is 2.09. The van der Waals surface area contributed by atoms with Crippen molar-refractivity contribution in [3.63, 3.8) is 0 Å². The molecule has 3 heteroatoms. The van der Waals surface area contributed by atoms with Gasteiger partial charge >= 0.3 is 5.97 Å². The Labute approximate surface area is 88.0 Å². The van der Waals surface area contributed by atoms with Crippen molar-refractivity contribution in [2.75, 3.05) is 0 Å². The van der Waals surface area contributed by atoms with Crippen molar-refractivity contribution in [3.8, 4) is 0 Å². The number of aliphatic carboxylic acids is 1. The molecule has 0 saturated heterocycles. The fourth-order valence-corrected chi connectivity index (χ4v) is 1.26. The quantitative estimate of drug-likeness (QED) is 0.603. The zero-order chi connectivity index (χ0) is 11.3. The van der Waals surface area contributed by atoms with Crippen LogP contribution in [-0.2, 0) is 9.59 Å². The van der Waals surface area contributed by atoms with Crippen LogP contribution in [0.2, 0.25) is 0 Å². The molecule has 0 radical (unpaired) electrons. The Kier molecular flexibility index (Phi) is 3.80. The molecule has 0 atom stereocenters. The number of carbonyl (C=O) groups excluding carboxylic acids is 1. The van der Waals surface area contributed by atoms with Crippen molar-refractivity contribution in [1.82, 2.24) is 0 Å². The largest absolute Gasteiger partial charge is 0.475 e. The molecule has 15 heavy (non-hydrogen) atoms. The third kappa shape index (κ3) is 3.06. The van der Waals surface area contributed by atoms with Gasteiger partial charge < -0.3 is 5.11 Å². The van der Waals surface area contributed by atoms with E-state index in [4.69, 9.17) is 5.11 Å². The van der Waals surface area contributed by atoms with Crippen LogP contribution < -0.4 is 0 Å². The minimum atomic E-state index is -1.42. The number of carbonyl (C=O) groups is 2. The molecule has 0 bridgehead atoms. The van der Waals surface area contributed by atoms with E-state index in [1.807, 2.05) is 37.3 Å². The minimum absolute atomic E-state index is 0.628. The Bertz CT molecular complexity index is 391. The first kappa shape index (κ1) is 11.2. The molecule has 0 amide bonds. The summed E-state index contributed by atoms with van der Waals surface area (Å²) in [5.74, 6) is -2.30. The van der Waals surface area contributed by atoms with Gasteiger partial charge in [-0.15, -0.1) is 0 Å². The predicted octanol–water partition coefficient (Wildman–Crippen LogP) is 2.13. The van der Waals surface area contributed by atoms with Gasteiger partial charge in [-0.2, -0.15) is 0 Å². The van der Waals surface area contributed by atoms with Gasteiger partial charge in [0.1, 0.15) is 0 Å². The SMILES string of the molecule is CCC(=CC(=O)C(=O)O)c1ccccc1. The van der Waals surface area contributed by atoms with E-state index in [2.05, 4.69) is 0 Å². The van der Waals surface area contributed by atoms with E-state index in [9.17, 15) is 9.59 Å². The second-order valence-electron chi connectivity index (χ2n) is 3.06. The number of ketones is 1. The summed E-state index contributed by atoms with van der Waals surface area (Å²) in [4.78, 5) is 21.4. The highest BCUT2D eigenvalue weighted by Crippen LogP contribution is 2.17. The summed E-state index contributed by atoms with van der Waals surface area (Å²) in [7, 11) is 0. The van der Waals surface area contributed by atoms with Crippen LogP contribution in [0.5, 0.6) is 0 Å². The summed E-state index contributed by atoms with van der Waals surface area (Å²) in [5, 5.41) is 8.48.